The lowest BCUT2D eigenvalue weighted by atomic mass is 10.2. The fraction of sp³-hybridized carbons (Fsp3) is 0.267. The van der Waals surface area contributed by atoms with E-state index in [0.717, 1.165) is 34.5 Å². The van der Waals surface area contributed by atoms with Crippen molar-refractivity contribution in [1.82, 2.24) is 4.98 Å². The zero-order chi connectivity index (χ0) is 13.7. The second-order valence-electron chi connectivity index (χ2n) is 4.50. The Labute approximate surface area is 122 Å². The van der Waals surface area contributed by atoms with E-state index in [4.69, 9.17) is 0 Å². The maximum Gasteiger partial charge on any atom is 0.0591 e. The average molecular weight is 320 g/mol. The highest BCUT2D eigenvalue weighted by Gasteiger charge is 2.02. The number of hydrogen-bond donors (Lipinski definition) is 2. The molecule has 100 valence electrons. The first kappa shape index (κ1) is 13.9. The summed E-state index contributed by atoms with van der Waals surface area (Å²) in [6, 6.07) is 8.30. The molecular weight excluding hydrogens is 302 g/mol. The number of rotatable bonds is 5. The average Bonchev–Trinajstić information content (AvgIpc) is 2.41. The van der Waals surface area contributed by atoms with Crippen LogP contribution in [0.4, 0.5) is 17.1 Å². The van der Waals surface area contributed by atoms with Crippen LogP contribution in [0.2, 0.25) is 0 Å². The molecule has 0 spiro atoms. The van der Waals surface area contributed by atoms with Crippen LogP contribution in [0.5, 0.6) is 0 Å². The number of halogens is 1. The number of nitrogens with zero attached hydrogens (tertiary/aromatic N) is 1. The van der Waals surface area contributed by atoms with E-state index in [2.05, 4.69) is 63.6 Å². The Bertz CT molecular complexity index is 555. The molecule has 19 heavy (non-hydrogen) atoms. The monoisotopic (exact) mass is 319 g/mol. The van der Waals surface area contributed by atoms with Gasteiger partial charge in [-0.05, 0) is 53.0 Å². The third kappa shape index (κ3) is 3.96. The minimum absolute atomic E-state index is 0.958. The summed E-state index contributed by atoms with van der Waals surface area (Å²) >= 11 is 3.55. The van der Waals surface area contributed by atoms with Gasteiger partial charge in [-0.3, -0.25) is 4.98 Å². The first-order chi connectivity index (χ1) is 9.19. The molecule has 0 radical (unpaired) electrons. The fourth-order valence-electron chi connectivity index (χ4n) is 1.76. The molecular formula is C15H18BrN3. The SMILES string of the molecule is CCCNc1cncc(Nc2cc(C)ccc2Br)c1. The molecule has 0 unspecified atom stereocenters. The molecule has 0 aliphatic rings. The maximum atomic E-state index is 4.25. The minimum atomic E-state index is 0.958. The molecule has 0 saturated heterocycles. The molecule has 4 heteroatoms. The molecule has 0 aliphatic carbocycles. The smallest absolute Gasteiger partial charge is 0.0591 e. The topological polar surface area (TPSA) is 37.0 Å². The van der Waals surface area contributed by atoms with E-state index in [9.17, 15) is 0 Å². The molecule has 2 aromatic rings. The molecule has 1 heterocycles. The normalized spacial score (nSPS) is 10.3. The van der Waals surface area contributed by atoms with Crippen LogP contribution in [0, 0.1) is 6.92 Å². The van der Waals surface area contributed by atoms with Gasteiger partial charge in [-0.15, -0.1) is 0 Å². The van der Waals surface area contributed by atoms with E-state index >= 15 is 0 Å². The lowest BCUT2D eigenvalue weighted by Crippen LogP contribution is -2.01. The quantitative estimate of drug-likeness (QED) is 0.837. The van der Waals surface area contributed by atoms with Crippen LogP contribution in [-0.2, 0) is 0 Å². The van der Waals surface area contributed by atoms with E-state index in [1.54, 1.807) is 0 Å². The second-order valence-corrected chi connectivity index (χ2v) is 5.35. The number of benzene rings is 1. The van der Waals surface area contributed by atoms with Crippen molar-refractivity contribution in [3.8, 4) is 0 Å². The lowest BCUT2D eigenvalue weighted by Gasteiger charge is -2.11. The molecule has 3 nitrogen and oxygen atoms in total. The van der Waals surface area contributed by atoms with Crippen LogP contribution in [-0.4, -0.2) is 11.5 Å². The van der Waals surface area contributed by atoms with Gasteiger partial charge in [0.1, 0.15) is 0 Å². The molecule has 1 aromatic heterocycles. The summed E-state index contributed by atoms with van der Waals surface area (Å²) in [6.45, 7) is 5.18. The van der Waals surface area contributed by atoms with Gasteiger partial charge in [-0.25, -0.2) is 0 Å². The lowest BCUT2D eigenvalue weighted by molar-refractivity contribution is 0.978. The predicted octanol–water partition coefficient (Wildman–Crippen LogP) is 4.72. The first-order valence-electron chi connectivity index (χ1n) is 6.41. The summed E-state index contributed by atoms with van der Waals surface area (Å²) < 4.78 is 1.05. The van der Waals surface area contributed by atoms with E-state index in [1.165, 1.54) is 5.56 Å². The molecule has 0 amide bonds. The summed E-state index contributed by atoms with van der Waals surface area (Å²) in [5, 5.41) is 6.71. The third-order valence-electron chi connectivity index (χ3n) is 2.72. The van der Waals surface area contributed by atoms with Crippen molar-refractivity contribution < 1.29 is 0 Å². The molecule has 0 bridgehead atoms. The van der Waals surface area contributed by atoms with Crippen molar-refractivity contribution in [1.29, 1.82) is 0 Å². The minimum Gasteiger partial charge on any atom is -0.384 e. The van der Waals surface area contributed by atoms with Crippen LogP contribution >= 0.6 is 15.9 Å². The Kier molecular flexibility index (Phi) is 4.80. The summed E-state index contributed by atoms with van der Waals surface area (Å²) in [4.78, 5) is 4.25. The molecule has 1 aromatic carbocycles. The number of aromatic nitrogens is 1. The van der Waals surface area contributed by atoms with Crippen LogP contribution in [0.1, 0.15) is 18.9 Å². The van der Waals surface area contributed by atoms with Gasteiger partial charge >= 0.3 is 0 Å². The zero-order valence-corrected chi connectivity index (χ0v) is 12.8. The largest absolute Gasteiger partial charge is 0.384 e. The summed E-state index contributed by atoms with van der Waals surface area (Å²) in [6.07, 6.45) is 4.76. The molecule has 0 saturated carbocycles. The van der Waals surface area contributed by atoms with Crippen molar-refractivity contribution in [2.24, 2.45) is 0 Å². The van der Waals surface area contributed by atoms with Crippen molar-refractivity contribution in [2.45, 2.75) is 20.3 Å². The molecule has 2 rings (SSSR count). The van der Waals surface area contributed by atoms with Gasteiger partial charge in [0.15, 0.2) is 0 Å². The standard InChI is InChI=1S/C15H18BrN3/c1-3-6-18-12-8-13(10-17-9-12)19-15-7-11(2)4-5-14(15)16/h4-5,7-10,18-19H,3,6H2,1-2H3. The first-order valence-corrected chi connectivity index (χ1v) is 7.20. The molecule has 0 atom stereocenters. The van der Waals surface area contributed by atoms with Gasteiger partial charge in [0.05, 0.1) is 29.5 Å². The Balaban J connectivity index is 2.16. The van der Waals surface area contributed by atoms with Crippen molar-refractivity contribution in [3.63, 3.8) is 0 Å². The Hall–Kier alpha value is -1.55. The van der Waals surface area contributed by atoms with Gasteiger partial charge in [0.25, 0.3) is 0 Å². The number of anilines is 3. The molecule has 2 N–H and O–H groups in total. The van der Waals surface area contributed by atoms with E-state index in [0.29, 0.717) is 0 Å². The highest BCUT2D eigenvalue weighted by atomic mass is 79.9. The summed E-state index contributed by atoms with van der Waals surface area (Å²) in [5.41, 5.74) is 4.29. The van der Waals surface area contributed by atoms with Crippen LogP contribution in [0.25, 0.3) is 0 Å². The predicted molar refractivity (Wildman–Crippen MR) is 85.2 cm³/mol. The Morgan fingerprint density at radius 1 is 1.16 bits per heavy atom. The number of aryl methyl sites for hydroxylation is 1. The van der Waals surface area contributed by atoms with E-state index < -0.39 is 0 Å². The van der Waals surface area contributed by atoms with Crippen molar-refractivity contribution >= 4 is 33.0 Å². The maximum absolute atomic E-state index is 4.25. The Morgan fingerprint density at radius 3 is 2.74 bits per heavy atom. The second kappa shape index (κ2) is 6.57. The van der Waals surface area contributed by atoms with E-state index in [-0.39, 0.29) is 0 Å². The van der Waals surface area contributed by atoms with Crippen molar-refractivity contribution in [3.05, 3.63) is 46.7 Å². The summed E-state index contributed by atoms with van der Waals surface area (Å²) in [5.74, 6) is 0. The van der Waals surface area contributed by atoms with Gasteiger partial charge in [-0.1, -0.05) is 13.0 Å². The van der Waals surface area contributed by atoms with Gasteiger partial charge in [-0.2, -0.15) is 0 Å². The Morgan fingerprint density at radius 2 is 1.95 bits per heavy atom. The van der Waals surface area contributed by atoms with Gasteiger partial charge in [0, 0.05) is 11.0 Å². The van der Waals surface area contributed by atoms with Crippen molar-refractivity contribution in [2.75, 3.05) is 17.2 Å². The number of hydrogen-bond acceptors (Lipinski definition) is 3. The molecule has 0 fully saturated rings. The fourth-order valence-corrected chi connectivity index (χ4v) is 2.11. The van der Waals surface area contributed by atoms with Gasteiger partial charge < -0.3 is 10.6 Å². The van der Waals surface area contributed by atoms with E-state index in [1.807, 2.05) is 18.5 Å². The van der Waals surface area contributed by atoms with Crippen LogP contribution in [0.3, 0.4) is 0 Å². The van der Waals surface area contributed by atoms with Crippen LogP contribution < -0.4 is 10.6 Å². The highest BCUT2D eigenvalue weighted by molar-refractivity contribution is 9.10. The van der Waals surface area contributed by atoms with Gasteiger partial charge in [0.2, 0.25) is 0 Å². The number of nitrogens with one attached hydrogen (secondary N) is 2. The molecule has 0 aliphatic heterocycles. The van der Waals surface area contributed by atoms with Crippen LogP contribution in [0.15, 0.2) is 41.1 Å². The highest BCUT2D eigenvalue weighted by Crippen LogP contribution is 2.27. The number of pyridine rings is 1. The zero-order valence-electron chi connectivity index (χ0n) is 11.2. The third-order valence-corrected chi connectivity index (χ3v) is 3.41. The summed E-state index contributed by atoms with van der Waals surface area (Å²) in [7, 11) is 0.